The van der Waals surface area contributed by atoms with Crippen LogP contribution in [0.4, 0.5) is 0 Å². The molecule has 1 aromatic carbocycles. The smallest absolute Gasteiger partial charge is 0.256 e. The molecule has 0 spiro atoms. The number of piperidine rings is 1. The van der Waals surface area contributed by atoms with Crippen molar-refractivity contribution in [1.29, 1.82) is 0 Å². The van der Waals surface area contributed by atoms with Crippen molar-refractivity contribution in [3.05, 3.63) is 29.8 Å². The Morgan fingerprint density at radius 1 is 1.18 bits per heavy atom. The fourth-order valence-corrected chi connectivity index (χ4v) is 3.25. The van der Waals surface area contributed by atoms with Gasteiger partial charge >= 0.3 is 0 Å². The van der Waals surface area contributed by atoms with Gasteiger partial charge in [0.05, 0.1) is 7.11 Å². The first kappa shape index (κ1) is 15.3. The normalized spacial score (nSPS) is 21.3. The van der Waals surface area contributed by atoms with Gasteiger partial charge in [0, 0.05) is 19.1 Å². The van der Waals surface area contributed by atoms with Crippen LogP contribution in [0.5, 0.6) is 5.75 Å². The highest BCUT2D eigenvalue weighted by molar-refractivity contribution is 5.83. The zero-order valence-electron chi connectivity index (χ0n) is 13.1. The number of ether oxygens (including phenoxy) is 1. The Balaban J connectivity index is 1.53. The maximum absolute atomic E-state index is 12.3. The van der Waals surface area contributed by atoms with Gasteiger partial charge in [-0.2, -0.15) is 0 Å². The number of hydrogen-bond acceptors (Lipinski definition) is 4. The lowest BCUT2D eigenvalue weighted by Crippen LogP contribution is -2.62. The molecule has 2 heterocycles. The minimum Gasteiger partial charge on any atom is -0.497 e. The number of aliphatic hydroxyl groups excluding tert-OH is 1. The molecule has 0 aliphatic carbocycles. The van der Waals surface area contributed by atoms with Gasteiger partial charge in [-0.05, 0) is 43.6 Å². The highest BCUT2D eigenvalue weighted by Gasteiger charge is 2.37. The van der Waals surface area contributed by atoms with Gasteiger partial charge in [-0.25, -0.2) is 0 Å². The summed E-state index contributed by atoms with van der Waals surface area (Å²) in [5.74, 6) is 0.524. The van der Waals surface area contributed by atoms with Gasteiger partial charge in [-0.15, -0.1) is 0 Å². The molecule has 120 valence electrons. The van der Waals surface area contributed by atoms with E-state index in [1.54, 1.807) is 36.3 Å². The molecular formula is C17H24N2O3. The summed E-state index contributed by atoms with van der Waals surface area (Å²) in [5.41, 5.74) is 0.618. The highest BCUT2D eigenvalue weighted by Crippen LogP contribution is 2.25. The van der Waals surface area contributed by atoms with E-state index in [-0.39, 0.29) is 5.91 Å². The first-order chi connectivity index (χ1) is 10.7. The molecule has 0 bridgehead atoms. The molecule has 5 heteroatoms. The summed E-state index contributed by atoms with van der Waals surface area (Å²) in [5, 5.41) is 10.2. The predicted molar refractivity (Wildman–Crippen MR) is 83.7 cm³/mol. The lowest BCUT2D eigenvalue weighted by atomic mass is 10.0. The van der Waals surface area contributed by atoms with Gasteiger partial charge in [0.25, 0.3) is 5.91 Å². The Kier molecular flexibility index (Phi) is 4.64. The molecule has 2 fully saturated rings. The predicted octanol–water partition coefficient (Wildman–Crippen LogP) is 1.43. The van der Waals surface area contributed by atoms with Crippen molar-refractivity contribution in [2.24, 2.45) is 0 Å². The number of carbonyl (C=O) groups is 1. The minimum atomic E-state index is -1.08. The van der Waals surface area contributed by atoms with Crippen molar-refractivity contribution in [2.75, 3.05) is 33.3 Å². The van der Waals surface area contributed by atoms with Crippen molar-refractivity contribution in [3.63, 3.8) is 0 Å². The maximum Gasteiger partial charge on any atom is 0.256 e. The van der Waals surface area contributed by atoms with E-state index in [1.165, 1.54) is 19.3 Å². The van der Waals surface area contributed by atoms with Crippen molar-refractivity contribution in [2.45, 2.75) is 31.4 Å². The summed E-state index contributed by atoms with van der Waals surface area (Å²) < 4.78 is 5.09. The summed E-state index contributed by atoms with van der Waals surface area (Å²) >= 11 is 0. The first-order valence-electron chi connectivity index (χ1n) is 8.04. The molecule has 22 heavy (non-hydrogen) atoms. The maximum atomic E-state index is 12.3. The number of likely N-dealkylation sites (tertiary alicyclic amines) is 2. The zero-order valence-corrected chi connectivity index (χ0v) is 13.1. The Hall–Kier alpha value is -1.59. The van der Waals surface area contributed by atoms with Crippen molar-refractivity contribution >= 4 is 5.91 Å². The molecule has 5 nitrogen and oxygen atoms in total. The van der Waals surface area contributed by atoms with Gasteiger partial charge < -0.3 is 14.7 Å². The number of benzene rings is 1. The zero-order chi connectivity index (χ0) is 15.5. The standard InChI is InChI=1S/C17H24N2O3/c1-22-15-7-5-13(6-8-15)16(20)17(21)19-11-14(12-19)18-9-3-2-4-10-18/h5-8,14,16,20H,2-4,9-12H2,1H3. The van der Waals surface area contributed by atoms with Crippen LogP contribution < -0.4 is 4.74 Å². The monoisotopic (exact) mass is 304 g/mol. The third-order valence-corrected chi connectivity index (χ3v) is 4.75. The molecule has 1 amide bonds. The SMILES string of the molecule is COc1ccc(C(O)C(=O)N2CC(N3CCCCC3)C2)cc1. The van der Waals surface area contributed by atoms with Gasteiger partial charge in [0.15, 0.2) is 6.10 Å². The van der Waals surface area contributed by atoms with Crippen LogP contribution in [0, 0.1) is 0 Å². The van der Waals surface area contributed by atoms with E-state index < -0.39 is 6.10 Å². The quantitative estimate of drug-likeness (QED) is 0.914. The van der Waals surface area contributed by atoms with Crippen molar-refractivity contribution in [1.82, 2.24) is 9.80 Å². The van der Waals surface area contributed by atoms with E-state index in [1.807, 2.05) is 0 Å². The van der Waals surface area contributed by atoms with E-state index in [2.05, 4.69) is 4.90 Å². The molecule has 1 unspecified atom stereocenters. The van der Waals surface area contributed by atoms with E-state index in [0.29, 0.717) is 11.6 Å². The fourth-order valence-electron chi connectivity index (χ4n) is 3.25. The largest absolute Gasteiger partial charge is 0.497 e. The van der Waals surface area contributed by atoms with Gasteiger partial charge in [-0.3, -0.25) is 9.69 Å². The number of carbonyl (C=O) groups excluding carboxylic acids is 1. The summed E-state index contributed by atoms with van der Waals surface area (Å²) in [6, 6.07) is 7.48. The molecule has 2 saturated heterocycles. The van der Waals surface area contributed by atoms with Gasteiger partial charge in [0.2, 0.25) is 0 Å². The average molecular weight is 304 g/mol. The summed E-state index contributed by atoms with van der Waals surface area (Å²) in [6.07, 6.45) is 2.77. The molecule has 0 aromatic heterocycles. The highest BCUT2D eigenvalue weighted by atomic mass is 16.5. The Labute approximate surface area is 131 Å². The van der Waals surface area contributed by atoms with Crippen LogP contribution in [0.1, 0.15) is 30.9 Å². The summed E-state index contributed by atoms with van der Waals surface area (Å²) in [4.78, 5) is 16.6. The molecule has 1 aromatic rings. The lowest BCUT2D eigenvalue weighted by molar-refractivity contribution is -0.148. The van der Waals surface area contributed by atoms with E-state index in [4.69, 9.17) is 4.74 Å². The number of aliphatic hydroxyl groups is 1. The molecule has 0 saturated carbocycles. The average Bonchev–Trinajstić information content (AvgIpc) is 2.54. The van der Waals surface area contributed by atoms with Crippen molar-refractivity contribution in [3.8, 4) is 5.75 Å². The van der Waals surface area contributed by atoms with Crippen LogP contribution in [0.15, 0.2) is 24.3 Å². The second-order valence-electron chi connectivity index (χ2n) is 6.17. The molecule has 1 N–H and O–H groups in total. The molecule has 2 aliphatic rings. The number of methoxy groups -OCH3 is 1. The Bertz CT molecular complexity index is 505. The van der Waals surface area contributed by atoms with Crippen LogP contribution >= 0.6 is 0 Å². The molecule has 1 atom stereocenters. The second kappa shape index (κ2) is 6.67. The molecule has 3 rings (SSSR count). The molecule has 0 radical (unpaired) electrons. The van der Waals surface area contributed by atoms with Crippen LogP contribution in [-0.2, 0) is 4.79 Å². The molecular weight excluding hydrogens is 280 g/mol. The summed E-state index contributed by atoms with van der Waals surface area (Å²) in [6.45, 7) is 3.78. The van der Waals surface area contributed by atoms with E-state index >= 15 is 0 Å². The van der Waals surface area contributed by atoms with Gasteiger partial charge in [0.1, 0.15) is 5.75 Å². The number of rotatable bonds is 4. The second-order valence-corrected chi connectivity index (χ2v) is 6.17. The van der Waals surface area contributed by atoms with Crippen LogP contribution in [0.25, 0.3) is 0 Å². The van der Waals surface area contributed by atoms with Crippen LogP contribution in [-0.4, -0.2) is 60.1 Å². The third kappa shape index (κ3) is 3.10. The lowest BCUT2D eigenvalue weighted by Gasteiger charge is -2.47. The molecule has 2 aliphatic heterocycles. The number of amides is 1. The topological polar surface area (TPSA) is 53.0 Å². The third-order valence-electron chi connectivity index (χ3n) is 4.75. The number of nitrogens with zero attached hydrogens (tertiary/aromatic N) is 2. The Morgan fingerprint density at radius 2 is 1.82 bits per heavy atom. The summed E-state index contributed by atoms with van der Waals surface area (Å²) in [7, 11) is 1.59. The Morgan fingerprint density at radius 3 is 2.41 bits per heavy atom. The van der Waals surface area contributed by atoms with Crippen molar-refractivity contribution < 1.29 is 14.6 Å². The van der Waals surface area contributed by atoms with E-state index in [9.17, 15) is 9.90 Å². The number of hydrogen-bond donors (Lipinski definition) is 1. The van der Waals surface area contributed by atoms with Crippen LogP contribution in [0.3, 0.4) is 0 Å². The minimum absolute atomic E-state index is 0.196. The van der Waals surface area contributed by atoms with Crippen LogP contribution in [0.2, 0.25) is 0 Å². The first-order valence-corrected chi connectivity index (χ1v) is 8.04. The fraction of sp³-hybridized carbons (Fsp3) is 0.588. The van der Waals surface area contributed by atoms with Gasteiger partial charge in [-0.1, -0.05) is 18.6 Å². The van der Waals surface area contributed by atoms with E-state index in [0.717, 1.165) is 31.9 Å².